The van der Waals surface area contributed by atoms with Crippen LogP contribution in [0.4, 0.5) is 0 Å². The highest BCUT2D eigenvalue weighted by atomic mass is 16.2. The summed E-state index contributed by atoms with van der Waals surface area (Å²) in [6, 6.07) is 0. The molecule has 0 aliphatic heterocycles. The van der Waals surface area contributed by atoms with E-state index in [1.807, 2.05) is 4.90 Å². The quantitative estimate of drug-likeness (QED) is 0.820. The molecule has 3 heteroatoms. The molecule has 18 heavy (non-hydrogen) atoms. The number of likely N-dealkylation sites (N-methyl/N-ethyl adjacent to an activating group) is 1. The van der Waals surface area contributed by atoms with E-state index in [-0.39, 0.29) is 5.91 Å². The van der Waals surface area contributed by atoms with Gasteiger partial charge in [-0.1, -0.05) is 40.0 Å². The van der Waals surface area contributed by atoms with Crippen LogP contribution >= 0.6 is 0 Å². The molecule has 0 aromatic carbocycles. The van der Waals surface area contributed by atoms with Crippen molar-refractivity contribution in [3.05, 3.63) is 0 Å². The van der Waals surface area contributed by atoms with E-state index in [4.69, 9.17) is 5.73 Å². The third kappa shape index (κ3) is 3.71. The van der Waals surface area contributed by atoms with E-state index in [0.717, 1.165) is 38.8 Å². The number of carbonyl (C=O) groups is 1. The van der Waals surface area contributed by atoms with Crippen LogP contribution in [-0.2, 0) is 4.79 Å². The first-order valence-electron chi connectivity index (χ1n) is 7.51. The average Bonchev–Trinajstić information content (AvgIpc) is 2.34. The Bertz CT molecular complexity index is 280. The van der Waals surface area contributed by atoms with Crippen LogP contribution in [0.15, 0.2) is 0 Å². The molecule has 3 atom stereocenters. The third-order valence-corrected chi connectivity index (χ3v) is 4.36. The first kappa shape index (κ1) is 15.5. The number of nitrogens with zero attached hydrogens (tertiary/aromatic N) is 1. The van der Waals surface area contributed by atoms with Crippen molar-refractivity contribution in [1.82, 2.24) is 4.90 Å². The predicted molar refractivity (Wildman–Crippen MR) is 76.3 cm³/mol. The molecule has 1 aliphatic carbocycles. The van der Waals surface area contributed by atoms with Gasteiger partial charge in [0.15, 0.2) is 0 Å². The highest BCUT2D eigenvalue weighted by molar-refractivity contribution is 5.86. The molecule has 106 valence electrons. The monoisotopic (exact) mass is 254 g/mol. The third-order valence-electron chi connectivity index (χ3n) is 4.36. The van der Waals surface area contributed by atoms with Crippen LogP contribution < -0.4 is 5.73 Å². The molecule has 0 saturated heterocycles. The number of amides is 1. The second-order valence-corrected chi connectivity index (χ2v) is 6.21. The normalized spacial score (nSPS) is 29.9. The molecule has 0 bridgehead atoms. The molecule has 0 radical (unpaired) electrons. The van der Waals surface area contributed by atoms with E-state index in [0.29, 0.717) is 11.8 Å². The van der Waals surface area contributed by atoms with Crippen molar-refractivity contribution in [2.24, 2.45) is 17.6 Å². The minimum atomic E-state index is -0.596. The minimum Gasteiger partial charge on any atom is -0.341 e. The topological polar surface area (TPSA) is 46.3 Å². The lowest BCUT2D eigenvalue weighted by atomic mass is 9.76. The smallest absolute Gasteiger partial charge is 0.242 e. The van der Waals surface area contributed by atoms with Gasteiger partial charge in [0.2, 0.25) is 5.91 Å². The Morgan fingerprint density at radius 2 is 2.17 bits per heavy atom. The Balaban J connectivity index is 2.70. The lowest BCUT2D eigenvalue weighted by Crippen LogP contribution is -2.58. The van der Waals surface area contributed by atoms with Gasteiger partial charge in [-0.3, -0.25) is 4.79 Å². The van der Waals surface area contributed by atoms with E-state index in [1.165, 1.54) is 6.42 Å². The predicted octanol–water partition coefficient (Wildman–Crippen LogP) is 2.79. The van der Waals surface area contributed by atoms with Crippen molar-refractivity contribution in [3.63, 3.8) is 0 Å². The Hall–Kier alpha value is -0.570. The number of hydrogen-bond donors (Lipinski definition) is 1. The summed E-state index contributed by atoms with van der Waals surface area (Å²) in [5, 5.41) is 0. The van der Waals surface area contributed by atoms with Crippen LogP contribution in [0.2, 0.25) is 0 Å². The SMILES string of the molecule is CCC(C)CN(CC)C(=O)C1(N)CCCC(C)C1. The molecule has 0 heterocycles. The average molecular weight is 254 g/mol. The summed E-state index contributed by atoms with van der Waals surface area (Å²) in [5.74, 6) is 1.31. The molecule has 1 saturated carbocycles. The molecular formula is C15H30N2O. The van der Waals surface area contributed by atoms with Crippen molar-refractivity contribution in [2.75, 3.05) is 13.1 Å². The maximum atomic E-state index is 12.6. The summed E-state index contributed by atoms with van der Waals surface area (Å²) in [5.41, 5.74) is 5.80. The van der Waals surface area contributed by atoms with E-state index < -0.39 is 5.54 Å². The van der Waals surface area contributed by atoms with Crippen LogP contribution in [0.3, 0.4) is 0 Å². The number of hydrogen-bond acceptors (Lipinski definition) is 2. The molecule has 3 unspecified atom stereocenters. The molecule has 1 aliphatic rings. The van der Waals surface area contributed by atoms with Crippen LogP contribution in [0.25, 0.3) is 0 Å². The van der Waals surface area contributed by atoms with E-state index in [2.05, 4.69) is 27.7 Å². The Morgan fingerprint density at radius 1 is 1.50 bits per heavy atom. The van der Waals surface area contributed by atoms with Gasteiger partial charge in [-0.2, -0.15) is 0 Å². The second kappa shape index (κ2) is 6.55. The number of nitrogens with two attached hydrogens (primary N) is 1. The van der Waals surface area contributed by atoms with Crippen molar-refractivity contribution in [3.8, 4) is 0 Å². The van der Waals surface area contributed by atoms with Crippen LogP contribution in [0.1, 0.15) is 59.8 Å². The summed E-state index contributed by atoms with van der Waals surface area (Å²) in [7, 11) is 0. The maximum absolute atomic E-state index is 12.6. The standard InChI is InChI=1S/C15H30N2O/c1-5-12(3)11-17(6-2)14(18)15(16)9-7-8-13(4)10-15/h12-13H,5-11,16H2,1-4H3. The largest absolute Gasteiger partial charge is 0.341 e. The van der Waals surface area contributed by atoms with Gasteiger partial charge in [-0.25, -0.2) is 0 Å². The number of rotatable bonds is 5. The Labute approximate surface area is 112 Å². The molecule has 0 aromatic heterocycles. The van der Waals surface area contributed by atoms with Crippen LogP contribution in [-0.4, -0.2) is 29.4 Å². The fraction of sp³-hybridized carbons (Fsp3) is 0.933. The van der Waals surface area contributed by atoms with Crippen molar-refractivity contribution in [1.29, 1.82) is 0 Å². The summed E-state index contributed by atoms with van der Waals surface area (Å²) < 4.78 is 0. The first-order valence-corrected chi connectivity index (χ1v) is 7.51. The zero-order valence-electron chi connectivity index (χ0n) is 12.5. The first-order chi connectivity index (χ1) is 8.42. The molecule has 3 nitrogen and oxygen atoms in total. The summed E-state index contributed by atoms with van der Waals surface area (Å²) in [6.45, 7) is 10.2. The van der Waals surface area contributed by atoms with Crippen molar-refractivity contribution in [2.45, 2.75) is 65.3 Å². The minimum absolute atomic E-state index is 0.178. The molecule has 0 aromatic rings. The highest BCUT2D eigenvalue weighted by Crippen LogP contribution is 2.32. The molecular weight excluding hydrogens is 224 g/mol. The van der Waals surface area contributed by atoms with Gasteiger partial charge >= 0.3 is 0 Å². The highest BCUT2D eigenvalue weighted by Gasteiger charge is 2.40. The number of carbonyl (C=O) groups excluding carboxylic acids is 1. The summed E-state index contributed by atoms with van der Waals surface area (Å²) in [6.07, 6.45) is 5.11. The van der Waals surface area contributed by atoms with Crippen molar-refractivity contribution < 1.29 is 4.79 Å². The summed E-state index contributed by atoms with van der Waals surface area (Å²) in [4.78, 5) is 14.6. The van der Waals surface area contributed by atoms with Gasteiger partial charge < -0.3 is 10.6 Å². The van der Waals surface area contributed by atoms with Gasteiger partial charge in [0.25, 0.3) is 0 Å². The van der Waals surface area contributed by atoms with Crippen molar-refractivity contribution >= 4 is 5.91 Å². The van der Waals surface area contributed by atoms with Gasteiger partial charge in [0, 0.05) is 13.1 Å². The molecule has 1 rings (SSSR count). The summed E-state index contributed by atoms with van der Waals surface area (Å²) >= 11 is 0. The lowest BCUT2D eigenvalue weighted by molar-refractivity contribution is -0.139. The second-order valence-electron chi connectivity index (χ2n) is 6.21. The Kier molecular flexibility index (Phi) is 5.64. The van der Waals surface area contributed by atoms with Crippen LogP contribution in [0, 0.1) is 11.8 Å². The molecule has 2 N–H and O–H groups in total. The maximum Gasteiger partial charge on any atom is 0.242 e. The Morgan fingerprint density at radius 3 is 2.67 bits per heavy atom. The van der Waals surface area contributed by atoms with Gasteiger partial charge in [0.05, 0.1) is 5.54 Å². The molecule has 1 amide bonds. The fourth-order valence-corrected chi connectivity index (χ4v) is 2.96. The van der Waals surface area contributed by atoms with Gasteiger partial charge in [0.1, 0.15) is 0 Å². The van der Waals surface area contributed by atoms with Crippen LogP contribution in [0.5, 0.6) is 0 Å². The fourth-order valence-electron chi connectivity index (χ4n) is 2.96. The van der Waals surface area contributed by atoms with Gasteiger partial charge in [-0.15, -0.1) is 0 Å². The zero-order chi connectivity index (χ0) is 13.8. The molecule has 0 spiro atoms. The molecule has 1 fully saturated rings. The van der Waals surface area contributed by atoms with E-state index in [1.54, 1.807) is 0 Å². The van der Waals surface area contributed by atoms with E-state index >= 15 is 0 Å². The lowest BCUT2D eigenvalue weighted by Gasteiger charge is -2.39. The van der Waals surface area contributed by atoms with E-state index in [9.17, 15) is 4.79 Å². The van der Waals surface area contributed by atoms with Gasteiger partial charge in [-0.05, 0) is 31.6 Å². The zero-order valence-corrected chi connectivity index (χ0v) is 12.5.